The number of aliphatic hydroxyl groups is 1. The minimum Gasteiger partial charge on any atom is -0.504 e. The minimum atomic E-state index is -1.74. The molecule has 0 radical (unpaired) electrons. The molecule has 4 atom stereocenters. The van der Waals surface area contributed by atoms with E-state index in [2.05, 4.69) is 0 Å². The molecule has 1 saturated carbocycles. The van der Waals surface area contributed by atoms with Gasteiger partial charge in [-0.25, -0.2) is 0 Å². The molecular weight excluding hydrogens is 392 g/mol. The van der Waals surface area contributed by atoms with Crippen molar-refractivity contribution in [3.63, 3.8) is 0 Å². The van der Waals surface area contributed by atoms with Crippen molar-refractivity contribution >= 4 is 17.7 Å². The minimum absolute atomic E-state index is 0.108. The third-order valence-corrected chi connectivity index (χ3v) is 5.07. The molecule has 1 aliphatic carbocycles. The summed E-state index contributed by atoms with van der Waals surface area (Å²) in [4.78, 5) is 38.8. The van der Waals surface area contributed by atoms with E-state index in [-0.39, 0.29) is 11.5 Å². The van der Waals surface area contributed by atoms with Gasteiger partial charge in [-0.3, -0.25) is 14.4 Å². The normalized spacial score (nSPS) is 26.6. The van der Waals surface area contributed by atoms with E-state index in [1.165, 1.54) is 32.2 Å². The summed E-state index contributed by atoms with van der Waals surface area (Å²) >= 11 is 0. The number of carbonyl (C=O) groups is 3. The predicted octanol–water partition coefficient (Wildman–Crippen LogP) is 2.34. The lowest BCUT2D eigenvalue weighted by Gasteiger charge is -2.44. The molecule has 0 bridgehead atoms. The number of methoxy groups -OCH3 is 1. The third kappa shape index (κ3) is 4.92. The first kappa shape index (κ1) is 23.7. The molecule has 30 heavy (non-hydrogen) atoms. The van der Waals surface area contributed by atoms with Crippen LogP contribution in [0.1, 0.15) is 52.5 Å². The molecule has 1 aliphatic rings. The van der Waals surface area contributed by atoms with Crippen LogP contribution in [0.4, 0.5) is 0 Å². The number of ether oxygens (including phenoxy) is 3. The van der Waals surface area contributed by atoms with E-state index >= 15 is 0 Å². The van der Waals surface area contributed by atoms with Gasteiger partial charge in [-0.15, -0.1) is 0 Å². The molecule has 0 saturated heterocycles. The molecule has 166 valence electrons. The van der Waals surface area contributed by atoms with E-state index in [1.54, 1.807) is 27.7 Å². The Morgan fingerprint density at radius 2 is 1.67 bits per heavy atom. The van der Waals surface area contributed by atoms with Crippen LogP contribution in [-0.4, -0.2) is 52.9 Å². The van der Waals surface area contributed by atoms with Gasteiger partial charge < -0.3 is 24.4 Å². The Morgan fingerprint density at radius 3 is 2.20 bits per heavy atom. The van der Waals surface area contributed by atoms with Crippen LogP contribution in [-0.2, 0) is 23.9 Å². The highest BCUT2D eigenvalue weighted by Gasteiger charge is 2.57. The van der Waals surface area contributed by atoms with Crippen LogP contribution >= 0.6 is 0 Å². The summed E-state index contributed by atoms with van der Waals surface area (Å²) in [6, 6.07) is 4.28. The Hall–Kier alpha value is -2.61. The second-order valence-corrected chi connectivity index (χ2v) is 8.38. The van der Waals surface area contributed by atoms with Crippen LogP contribution in [0.3, 0.4) is 0 Å². The van der Waals surface area contributed by atoms with Gasteiger partial charge in [0.15, 0.2) is 17.3 Å². The molecule has 1 aromatic rings. The van der Waals surface area contributed by atoms with E-state index in [0.29, 0.717) is 5.56 Å². The Bertz CT molecular complexity index is 803. The molecule has 2 rings (SSSR count). The van der Waals surface area contributed by atoms with Crippen molar-refractivity contribution in [2.24, 2.45) is 11.8 Å². The lowest BCUT2D eigenvalue weighted by Crippen LogP contribution is -2.55. The van der Waals surface area contributed by atoms with E-state index < -0.39 is 59.7 Å². The van der Waals surface area contributed by atoms with Crippen molar-refractivity contribution in [1.82, 2.24) is 0 Å². The van der Waals surface area contributed by atoms with Gasteiger partial charge >= 0.3 is 11.9 Å². The Kier molecular flexibility index (Phi) is 7.13. The van der Waals surface area contributed by atoms with Crippen molar-refractivity contribution in [2.75, 3.05) is 7.11 Å². The molecule has 0 spiro atoms. The SMILES string of the molecule is COc1cc(C2C(C(=O)OC(C)C)C(=O)CC(C)(O)C2C(=O)OC(C)C)ccc1O. The number of Topliss-reactive ketones (excluding diaryl/α,β-unsaturated/α-hetero) is 1. The van der Waals surface area contributed by atoms with Gasteiger partial charge in [0.25, 0.3) is 0 Å². The van der Waals surface area contributed by atoms with E-state index in [4.69, 9.17) is 14.2 Å². The largest absolute Gasteiger partial charge is 0.504 e. The van der Waals surface area contributed by atoms with Gasteiger partial charge in [0.05, 0.1) is 30.8 Å². The zero-order valence-electron chi connectivity index (χ0n) is 18.2. The number of hydrogen-bond acceptors (Lipinski definition) is 8. The first-order valence-corrected chi connectivity index (χ1v) is 9.92. The van der Waals surface area contributed by atoms with Crippen LogP contribution in [0.5, 0.6) is 11.5 Å². The van der Waals surface area contributed by atoms with Crippen molar-refractivity contribution in [3.8, 4) is 11.5 Å². The molecule has 4 unspecified atom stereocenters. The molecule has 0 amide bonds. The quantitative estimate of drug-likeness (QED) is 0.530. The number of rotatable bonds is 6. The number of aromatic hydroxyl groups is 1. The maximum absolute atomic E-state index is 13.0. The molecule has 1 aromatic carbocycles. The first-order chi connectivity index (χ1) is 13.9. The highest BCUT2D eigenvalue weighted by Crippen LogP contribution is 2.48. The summed E-state index contributed by atoms with van der Waals surface area (Å²) in [7, 11) is 1.36. The first-order valence-electron chi connectivity index (χ1n) is 9.92. The van der Waals surface area contributed by atoms with Crippen molar-refractivity contribution in [1.29, 1.82) is 0 Å². The van der Waals surface area contributed by atoms with Crippen LogP contribution in [0.2, 0.25) is 0 Å². The summed E-state index contributed by atoms with van der Waals surface area (Å²) < 4.78 is 15.8. The monoisotopic (exact) mass is 422 g/mol. The van der Waals surface area contributed by atoms with Gasteiger partial charge in [-0.1, -0.05) is 6.07 Å². The molecule has 0 aromatic heterocycles. The fraction of sp³-hybridized carbons (Fsp3) is 0.591. The summed E-state index contributed by atoms with van der Waals surface area (Å²) in [5.41, 5.74) is -1.37. The number of hydrogen-bond donors (Lipinski definition) is 2. The molecule has 8 heteroatoms. The Labute approximate surface area is 176 Å². The van der Waals surface area contributed by atoms with Crippen LogP contribution < -0.4 is 4.74 Å². The smallest absolute Gasteiger partial charge is 0.317 e. The van der Waals surface area contributed by atoms with Crippen LogP contribution in [0.25, 0.3) is 0 Å². The van der Waals surface area contributed by atoms with Crippen molar-refractivity contribution in [3.05, 3.63) is 23.8 Å². The predicted molar refractivity (Wildman–Crippen MR) is 107 cm³/mol. The lowest BCUT2D eigenvalue weighted by molar-refractivity contribution is -0.176. The van der Waals surface area contributed by atoms with Gasteiger partial charge in [-0.05, 0) is 52.3 Å². The highest BCUT2D eigenvalue weighted by molar-refractivity contribution is 6.02. The lowest BCUT2D eigenvalue weighted by atomic mass is 9.61. The third-order valence-electron chi connectivity index (χ3n) is 5.07. The van der Waals surface area contributed by atoms with Gasteiger partial charge in [0.2, 0.25) is 0 Å². The number of phenols is 1. The Morgan fingerprint density at radius 1 is 1.10 bits per heavy atom. The Balaban J connectivity index is 2.67. The summed E-state index contributed by atoms with van der Waals surface area (Å²) in [6.45, 7) is 8.04. The second-order valence-electron chi connectivity index (χ2n) is 8.38. The summed E-state index contributed by atoms with van der Waals surface area (Å²) in [5.74, 6) is -5.64. The fourth-order valence-electron chi connectivity index (χ4n) is 3.93. The van der Waals surface area contributed by atoms with E-state index in [9.17, 15) is 24.6 Å². The maximum Gasteiger partial charge on any atom is 0.317 e. The van der Waals surface area contributed by atoms with E-state index in [0.717, 1.165) is 0 Å². The number of carbonyl (C=O) groups excluding carboxylic acids is 3. The number of benzene rings is 1. The molecule has 2 N–H and O–H groups in total. The zero-order chi connectivity index (χ0) is 22.8. The van der Waals surface area contributed by atoms with Crippen molar-refractivity contribution < 1.29 is 38.8 Å². The topological polar surface area (TPSA) is 119 Å². The molecular formula is C22H30O8. The maximum atomic E-state index is 13.0. The van der Waals surface area contributed by atoms with Crippen LogP contribution in [0.15, 0.2) is 18.2 Å². The summed E-state index contributed by atoms with van der Waals surface area (Å²) in [5, 5.41) is 21.0. The van der Waals surface area contributed by atoms with E-state index in [1.807, 2.05) is 0 Å². The van der Waals surface area contributed by atoms with Crippen LogP contribution in [0, 0.1) is 11.8 Å². The molecule has 0 aliphatic heterocycles. The number of phenolic OH excluding ortho intramolecular Hbond substituents is 1. The summed E-state index contributed by atoms with van der Waals surface area (Å²) in [6.07, 6.45) is -1.32. The standard InChI is InChI=1S/C22H30O8/c1-11(2)29-20(25)18-15(24)10-22(5,27)19(21(26)30-12(3)4)17(18)13-7-8-14(23)16(9-13)28-6/h7-9,11-12,17-19,23,27H,10H2,1-6H3. The van der Waals surface area contributed by atoms with Gasteiger partial charge in [0, 0.05) is 12.3 Å². The number of esters is 2. The molecule has 1 fully saturated rings. The molecule has 0 heterocycles. The highest BCUT2D eigenvalue weighted by atomic mass is 16.5. The zero-order valence-corrected chi connectivity index (χ0v) is 18.2. The molecule has 8 nitrogen and oxygen atoms in total. The van der Waals surface area contributed by atoms with Gasteiger partial charge in [-0.2, -0.15) is 0 Å². The fourth-order valence-corrected chi connectivity index (χ4v) is 3.93. The average Bonchev–Trinajstić information content (AvgIpc) is 2.59. The van der Waals surface area contributed by atoms with Gasteiger partial charge in [0.1, 0.15) is 5.92 Å². The number of ketones is 1. The van der Waals surface area contributed by atoms with Crippen molar-refractivity contribution in [2.45, 2.75) is 64.8 Å². The second kappa shape index (κ2) is 9.04. The average molecular weight is 422 g/mol.